The lowest BCUT2D eigenvalue weighted by atomic mass is 10.1. The van der Waals surface area contributed by atoms with Crippen molar-refractivity contribution >= 4 is 11.7 Å². The van der Waals surface area contributed by atoms with Crippen molar-refractivity contribution in [3.63, 3.8) is 0 Å². The third kappa shape index (κ3) is 2.55. The molecule has 0 aromatic heterocycles. The van der Waals surface area contributed by atoms with Crippen LogP contribution < -0.4 is 5.73 Å². The van der Waals surface area contributed by atoms with Crippen LogP contribution in [0.3, 0.4) is 0 Å². The first-order valence-corrected chi connectivity index (χ1v) is 4.18. The molecule has 3 heteroatoms. The molecule has 0 unspecified atom stereocenters. The van der Waals surface area contributed by atoms with Crippen molar-refractivity contribution in [1.29, 1.82) is 0 Å². The van der Waals surface area contributed by atoms with Gasteiger partial charge in [0.15, 0.2) is 5.78 Å². The van der Waals surface area contributed by atoms with Gasteiger partial charge < -0.3 is 5.73 Å². The minimum absolute atomic E-state index is 0.207. The quantitative estimate of drug-likeness (QED) is 0.575. The summed E-state index contributed by atoms with van der Waals surface area (Å²) >= 11 is 0. The maximum atomic E-state index is 11.5. The summed E-state index contributed by atoms with van der Waals surface area (Å²) in [7, 11) is 0. The molecular formula is C11H11NO2. The molecule has 0 aliphatic heterocycles. The summed E-state index contributed by atoms with van der Waals surface area (Å²) in [5.41, 5.74) is 5.81. The summed E-state index contributed by atoms with van der Waals surface area (Å²) in [6, 6.07) is 8.73. The third-order valence-electron chi connectivity index (χ3n) is 1.79. The van der Waals surface area contributed by atoms with E-state index in [0.29, 0.717) is 5.56 Å². The Bertz CT molecular complexity index is 380. The number of rotatable bonds is 3. The number of hydrogen-bond acceptors (Lipinski definition) is 2. The zero-order valence-corrected chi connectivity index (χ0v) is 7.86. The van der Waals surface area contributed by atoms with Gasteiger partial charge in [-0.05, 0) is 13.0 Å². The Morgan fingerprint density at radius 2 is 1.79 bits per heavy atom. The van der Waals surface area contributed by atoms with E-state index in [9.17, 15) is 9.59 Å². The first kappa shape index (κ1) is 10.2. The normalized spacial score (nSPS) is 11.1. The summed E-state index contributed by atoms with van der Waals surface area (Å²) in [6.45, 7) is 1.52. The van der Waals surface area contributed by atoms with E-state index in [4.69, 9.17) is 5.73 Å². The van der Waals surface area contributed by atoms with Crippen LogP contribution in [0.25, 0.3) is 0 Å². The summed E-state index contributed by atoms with van der Waals surface area (Å²) in [5.74, 6) is -0.781. The van der Waals surface area contributed by atoms with Crippen molar-refractivity contribution in [2.45, 2.75) is 6.92 Å². The van der Waals surface area contributed by atoms with Crippen LogP contribution in [0.4, 0.5) is 0 Å². The molecule has 2 N–H and O–H groups in total. The third-order valence-corrected chi connectivity index (χ3v) is 1.79. The molecule has 3 nitrogen and oxygen atoms in total. The molecule has 0 saturated heterocycles. The molecule has 0 atom stereocenters. The lowest BCUT2D eigenvalue weighted by molar-refractivity contribution is -0.114. The highest BCUT2D eigenvalue weighted by molar-refractivity contribution is 6.09. The number of allylic oxidation sites excluding steroid dienone is 1. The van der Waals surface area contributed by atoms with Gasteiger partial charge in [0.2, 0.25) is 5.91 Å². The van der Waals surface area contributed by atoms with E-state index in [0.717, 1.165) is 0 Å². The molecule has 14 heavy (non-hydrogen) atoms. The topological polar surface area (TPSA) is 60.2 Å². The van der Waals surface area contributed by atoms with Gasteiger partial charge in [-0.1, -0.05) is 30.3 Å². The van der Waals surface area contributed by atoms with Crippen molar-refractivity contribution in [2.75, 3.05) is 0 Å². The van der Waals surface area contributed by atoms with Crippen LogP contribution in [0.2, 0.25) is 0 Å². The number of hydrogen-bond donors (Lipinski definition) is 1. The fourth-order valence-electron chi connectivity index (χ4n) is 0.954. The molecule has 0 aliphatic rings. The lowest BCUT2D eigenvalue weighted by Gasteiger charge is -1.96. The smallest absolute Gasteiger partial charge is 0.244 e. The predicted molar refractivity (Wildman–Crippen MR) is 53.7 cm³/mol. The van der Waals surface area contributed by atoms with Crippen LogP contribution in [0.5, 0.6) is 0 Å². The van der Waals surface area contributed by atoms with Crippen LogP contribution in [0.1, 0.15) is 17.3 Å². The fourth-order valence-corrected chi connectivity index (χ4v) is 0.954. The second kappa shape index (κ2) is 4.37. The van der Waals surface area contributed by atoms with Crippen LogP contribution in [0.15, 0.2) is 42.0 Å². The first-order chi connectivity index (χ1) is 6.61. The maximum absolute atomic E-state index is 11.5. The highest BCUT2D eigenvalue weighted by atomic mass is 16.1. The molecule has 1 aromatic carbocycles. The Hall–Kier alpha value is -1.90. The molecule has 0 spiro atoms. The van der Waals surface area contributed by atoms with Gasteiger partial charge in [-0.3, -0.25) is 9.59 Å². The fraction of sp³-hybridized carbons (Fsp3) is 0.0909. The van der Waals surface area contributed by atoms with E-state index in [-0.39, 0.29) is 11.4 Å². The van der Waals surface area contributed by atoms with E-state index in [1.165, 1.54) is 13.0 Å². The van der Waals surface area contributed by atoms with Crippen molar-refractivity contribution in [3.8, 4) is 0 Å². The van der Waals surface area contributed by atoms with Crippen LogP contribution in [-0.4, -0.2) is 11.7 Å². The minimum atomic E-state index is -0.575. The molecule has 72 valence electrons. The Labute approximate surface area is 82.2 Å². The zero-order chi connectivity index (χ0) is 10.6. The van der Waals surface area contributed by atoms with Gasteiger partial charge in [0.25, 0.3) is 0 Å². The molecule has 1 amide bonds. The second-order valence-electron chi connectivity index (χ2n) is 2.92. The highest BCUT2D eigenvalue weighted by Gasteiger charge is 2.04. The number of carbonyl (C=O) groups excluding carboxylic acids is 2. The molecule has 1 aromatic rings. The van der Waals surface area contributed by atoms with E-state index in [1.807, 2.05) is 6.07 Å². The Morgan fingerprint density at radius 1 is 1.21 bits per heavy atom. The minimum Gasteiger partial charge on any atom is -0.366 e. The van der Waals surface area contributed by atoms with Crippen LogP contribution in [-0.2, 0) is 4.79 Å². The second-order valence-corrected chi connectivity index (χ2v) is 2.92. The molecule has 0 radical (unpaired) electrons. The molecule has 0 saturated carbocycles. The lowest BCUT2D eigenvalue weighted by Crippen LogP contribution is -2.13. The number of carbonyl (C=O) groups is 2. The van der Waals surface area contributed by atoms with E-state index in [1.54, 1.807) is 24.3 Å². The summed E-state index contributed by atoms with van der Waals surface area (Å²) in [4.78, 5) is 22.1. The predicted octanol–water partition coefficient (Wildman–Crippen LogP) is 1.30. The monoisotopic (exact) mass is 189 g/mol. The first-order valence-electron chi connectivity index (χ1n) is 4.18. The Balaban J connectivity index is 2.88. The van der Waals surface area contributed by atoms with Gasteiger partial charge in [0.1, 0.15) is 0 Å². The van der Waals surface area contributed by atoms with E-state index >= 15 is 0 Å². The number of ketones is 1. The zero-order valence-electron chi connectivity index (χ0n) is 7.86. The standard InChI is InChI=1S/C11H11NO2/c1-8(11(12)14)7-10(13)9-5-3-2-4-6-9/h2-7H,1H3,(H2,12,14)/b8-7+. The van der Waals surface area contributed by atoms with Crippen molar-refractivity contribution in [3.05, 3.63) is 47.5 Å². The van der Waals surface area contributed by atoms with Gasteiger partial charge in [-0.2, -0.15) is 0 Å². The van der Waals surface area contributed by atoms with E-state index in [2.05, 4.69) is 0 Å². The van der Waals surface area contributed by atoms with Gasteiger partial charge in [0, 0.05) is 11.1 Å². The SMILES string of the molecule is C/C(=C\C(=O)c1ccccc1)C(N)=O. The molecule has 0 aliphatic carbocycles. The van der Waals surface area contributed by atoms with Gasteiger partial charge in [-0.15, -0.1) is 0 Å². The Kier molecular flexibility index (Phi) is 3.18. The van der Waals surface area contributed by atoms with Crippen molar-refractivity contribution in [1.82, 2.24) is 0 Å². The largest absolute Gasteiger partial charge is 0.366 e. The summed E-state index contributed by atoms with van der Waals surface area (Å²) in [5, 5.41) is 0. The van der Waals surface area contributed by atoms with Gasteiger partial charge in [-0.25, -0.2) is 0 Å². The Morgan fingerprint density at radius 3 is 2.29 bits per heavy atom. The van der Waals surface area contributed by atoms with Crippen molar-refractivity contribution in [2.24, 2.45) is 5.73 Å². The van der Waals surface area contributed by atoms with Crippen LogP contribution in [0, 0.1) is 0 Å². The average Bonchev–Trinajstić information content (AvgIpc) is 2.19. The average molecular weight is 189 g/mol. The number of benzene rings is 1. The molecule has 0 fully saturated rings. The molecule has 0 bridgehead atoms. The highest BCUT2D eigenvalue weighted by Crippen LogP contribution is 2.03. The summed E-state index contributed by atoms with van der Waals surface area (Å²) < 4.78 is 0. The van der Waals surface area contributed by atoms with Gasteiger partial charge >= 0.3 is 0 Å². The summed E-state index contributed by atoms with van der Waals surface area (Å²) in [6.07, 6.45) is 1.25. The molecule has 0 heterocycles. The van der Waals surface area contributed by atoms with Gasteiger partial charge in [0.05, 0.1) is 0 Å². The van der Waals surface area contributed by atoms with E-state index < -0.39 is 5.91 Å². The number of nitrogens with two attached hydrogens (primary N) is 1. The number of amides is 1. The maximum Gasteiger partial charge on any atom is 0.244 e. The molecular weight excluding hydrogens is 178 g/mol. The number of primary amides is 1. The van der Waals surface area contributed by atoms with Crippen LogP contribution >= 0.6 is 0 Å². The molecule has 1 rings (SSSR count). The van der Waals surface area contributed by atoms with Crippen molar-refractivity contribution < 1.29 is 9.59 Å².